The largest absolute Gasteiger partial charge is 0.810 e. The molecule has 0 fully saturated rings. The van der Waals surface area contributed by atoms with E-state index in [4.69, 9.17) is 0 Å². The van der Waals surface area contributed by atoms with Crippen LogP contribution in [0, 0.1) is 0 Å². The first-order chi connectivity index (χ1) is 6.45. The fourth-order valence-electron chi connectivity index (χ4n) is 1.22. The predicted molar refractivity (Wildman–Crippen MR) is 50.9 cm³/mol. The third kappa shape index (κ3) is 9.90. The Labute approximate surface area is 84.9 Å². The number of unbranched alkanes of at least 4 members (excludes halogenated alkanes) is 4. The van der Waals surface area contributed by atoms with Crippen LogP contribution in [0.1, 0.15) is 45.4 Å². The Morgan fingerprint density at radius 2 is 1.71 bits per heavy atom. The fraction of sp³-hybridized carbons (Fsp3) is 0.889. The first-order valence-electron chi connectivity index (χ1n) is 4.98. The Kier molecular flexibility index (Phi) is 7.06. The molecule has 0 saturated carbocycles. The number of hydrogen-bond acceptors (Lipinski definition) is 4. The van der Waals surface area contributed by atoms with Gasteiger partial charge in [0.1, 0.15) is 5.78 Å². The summed E-state index contributed by atoms with van der Waals surface area (Å²) in [6.07, 6.45) is 4.36. The highest BCUT2D eigenvalue weighted by Gasteiger charge is 2.03. The van der Waals surface area contributed by atoms with Crippen LogP contribution in [0.15, 0.2) is 0 Å². The summed E-state index contributed by atoms with van der Waals surface area (Å²) in [5.41, 5.74) is 0. The molecule has 0 unspecified atom stereocenters. The number of rotatable bonds is 8. The maximum atomic E-state index is 10.9. The van der Waals surface area contributed by atoms with Gasteiger partial charge in [0.05, 0.1) is 0 Å². The van der Waals surface area contributed by atoms with Crippen LogP contribution in [-0.4, -0.2) is 11.9 Å². The number of ketones is 1. The Morgan fingerprint density at radius 3 is 2.21 bits per heavy atom. The van der Waals surface area contributed by atoms with E-state index in [9.17, 15) is 19.1 Å². The summed E-state index contributed by atoms with van der Waals surface area (Å²) in [5, 5.41) is 0. The lowest BCUT2D eigenvalue weighted by Gasteiger charge is -2.28. The highest BCUT2D eigenvalue weighted by molar-refractivity contribution is 7.49. The van der Waals surface area contributed by atoms with Gasteiger partial charge in [-0.05, 0) is 6.42 Å². The molecule has 0 atom stereocenters. The maximum Gasteiger partial charge on any atom is 0.137 e. The molecule has 4 nitrogen and oxygen atoms in total. The van der Waals surface area contributed by atoms with Crippen molar-refractivity contribution in [1.82, 2.24) is 0 Å². The van der Waals surface area contributed by atoms with Crippen LogP contribution in [0.5, 0.6) is 0 Å². The first kappa shape index (κ1) is 13.8. The minimum absolute atomic E-state index is 0.220. The second-order valence-corrected chi connectivity index (χ2v) is 5.01. The van der Waals surface area contributed by atoms with Gasteiger partial charge in [-0.25, -0.2) is 0 Å². The van der Waals surface area contributed by atoms with Crippen molar-refractivity contribution < 1.29 is 19.1 Å². The molecule has 0 aromatic heterocycles. The van der Waals surface area contributed by atoms with Gasteiger partial charge in [0, 0.05) is 12.6 Å². The molecule has 84 valence electrons. The maximum absolute atomic E-state index is 10.9. The van der Waals surface area contributed by atoms with Gasteiger partial charge < -0.3 is 14.4 Å². The lowest BCUT2D eigenvalue weighted by atomic mass is 10.1. The van der Waals surface area contributed by atoms with E-state index < -0.39 is 19.5 Å². The molecular formula is C9H17O4P-2. The van der Waals surface area contributed by atoms with Crippen LogP contribution in [0.4, 0.5) is 0 Å². The topological polar surface area (TPSA) is 80.3 Å². The van der Waals surface area contributed by atoms with Crippen molar-refractivity contribution >= 4 is 13.4 Å². The second-order valence-electron chi connectivity index (χ2n) is 3.47. The van der Waals surface area contributed by atoms with Crippen molar-refractivity contribution in [3.63, 3.8) is 0 Å². The quantitative estimate of drug-likeness (QED) is 0.448. The van der Waals surface area contributed by atoms with Gasteiger partial charge in [-0.1, -0.05) is 40.2 Å². The Balaban J connectivity index is 3.41. The van der Waals surface area contributed by atoms with E-state index >= 15 is 0 Å². The van der Waals surface area contributed by atoms with Gasteiger partial charge in [-0.2, -0.15) is 0 Å². The van der Waals surface area contributed by atoms with E-state index in [0.29, 0.717) is 6.42 Å². The monoisotopic (exact) mass is 220 g/mol. The molecule has 0 aromatic carbocycles. The molecule has 0 rings (SSSR count). The second kappa shape index (κ2) is 7.16. The number of carbonyl (C=O) groups excluding carboxylic acids is 1. The van der Waals surface area contributed by atoms with Crippen LogP contribution in [0.3, 0.4) is 0 Å². The molecular weight excluding hydrogens is 203 g/mol. The predicted octanol–water partition coefficient (Wildman–Crippen LogP) is 0.830. The highest BCUT2D eigenvalue weighted by Crippen LogP contribution is 2.23. The molecule has 0 heterocycles. The summed E-state index contributed by atoms with van der Waals surface area (Å²) >= 11 is 0. The van der Waals surface area contributed by atoms with Crippen LogP contribution in [0.2, 0.25) is 0 Å². The van der Waals surface area contributed by atoms with Crippen LogP contribution < -0.4 is 9.79 Å². The average Bonchev–Trinajstić information content (AvgIpc) is 2.00. The Hall–Kier alpha value is -0.180. The van der Waals surface area contributed by atoms with Gasteiger partial charge in [0.15, 0.2) is 0 Å². The van der Waals surface area contributed by atoms with E-state index in [2.05, 4.69) is 6.92 Å². The van der Waals surface area contributed by atoms with Crippen molar-refractivity contribution in [2.24, 2.45) is 0 Å². The molecule has 0 aliphatic rings. The van der Waals surface area contributed by atoms with Gasteiger partial charge in [0.25, 0.3) is 0 Å². The van der Waals surface area contributed by atoms with Gasteiger partial charge in [-0.15, -0.1) is 0 Å². The normalized spacial score (nSPS) is 11.6. The molecule has 0 radical (unpaired) electrons. The fourth-order valence-corrected chi connectivity index (χ4v) is 1.81. The van der Waals surface area contributed by atoms with Crippen molar-refractivity contribution in [3.05, 3.63) is 0 Å². The van der Waals surface area contributed by atoms with E-state index in [1.165, 1.54) is 0 Å². The van der Waals surface area contributed by atoms with E-state index in [0.717, 1.165) is 25.7 Å². The lowest BCUT2D eigenvalue weighted by Crippen LogP contribution is -2.21. The van der Waals surface area contributed by atoms with Gasteiger partial charge >= 0.3 is 0 Å². The molecule has 0 spiro atoms. The lowest BCUT2D eigenvalue weighted by molar-refractivity contribution is -0.312. The molecule has 0 aliphatic heterocycles. The summed E-state index contributed by atoms with van der Waals surface area (Å²) in [6, 6.07) is 0. The van der Waals surface area contributed by atoms with Crippen LogP contribution in [-0.2, 0) is 9.36 Å². The Bertz CT molecular complexity index is 209. The minimum atomic E-state index is -4.63. The summed E-state index contributed by atoms with van der Waals surface area (Å²) in [6.45, 7) is 2.09. The van der Waals surface area contributed by atoms with Gasteiger partial charge in [-0.3, -0.25) is 4.79 Å². The zero-order valence-corrected chi connectivity index (χ0v) is 9.42. The van der Waals surface area contributed by atoms with Gasteiger partial charge in [0.2, 0.25) is 0 Å². The standard InChI is InChI=1S/C9H19O4P/c1-2-3-4-5-6-7-9(10)8-14(11,12)13/h2-8H2,1H3,(H2,11,12,13)/p-2. The van der Waals surface area contributed by atoms with Crippen molar-refractivity contribution in [2.75, 3.05) is 6.16 Å². The summed E-state index contributed by atoms with van der Waals surface area (Å²) in [7, 11) is -4.63. The molecule has 0 amide bonds. The third-order valence-corrected chi connectivity index (χ3v) is 2.67. The molecule has 0 N–H and O–H groups in total. The molecule has 0 aliphatic carbocycles. The number of carbonyl (C=O) groups is 1. The summed E-state index contributed by atoms with van der Waals surface area (Å²) in [5.74, 6) is -0.449. The molecule has 0 aromatic rings. The number of Topliss-reactive ketones (excluding diaryl/α,β-unsaturated/α-hetero) is 1. The zero-order chi connectivity index (χ0) is 11.0. The Morgan fingerprint density at radius 1 is 1.14 bits per heavy atom. The first-order valence-corrected chi connectivity index (χ1v) is 6.71. The summed E-state index contributed by atoms with van der Waals surface area (Å²) < 4.78 is 10.2. The summed E-state index contributed by atoms with van der Waals surface area (Å²) in [4.78, 5) is 31.4. The SMILES string of the molecule is CCCCCCCC(=O)CP(=O)([O-])[O-]. The zero-order valence-electron chi connectivity index (χ0n) is 8.53. The smallest absolute Gasteiger partial charge is 0.137 e. The molecule has 14 heavy (non-hydrogen) atoms. The number of hydrogen-bond donors (Lipinski definition) is 0. The molecule has 0 bridgehead atoms. The van der Waals surface area contributed by atoms with Crippen LogP contribution in [0.25, 0.3) is 0 Å². The molecule has 0 saturated heterocycles. The van der Waals surface area contributed by atoms with Crippen molar-refractivity contribution in [2.45, 2.75) is 45.4 Å². The highest BCUT2D eigenvalue weighted by atomic mass is 31.2. The van der Waals surface area contributed by atoms with Crippen molar-refractivity contribution in [1.29, 1.82) is 0 Å². The van der Waals surface area contributed by atoms with E-state index in [1.807, 2.05) is 0 Å². The van der Waals surface area contributed by atoms with E-state index in [1.54, 1.807) is 0 Å². The van der Waals surface area contributed by atoms with Crippen molar-refractivity contribution in [3.8, 4) is 0 Å². The van der Waals surface area contributed by atoms with E-state index in [-0.39, 0.29) is 6.42 Å². The van der Waals surface area contributed by atoms with Crippen LogP contribution >= 0.6 is 7.60 Å². The molecule has 5 heteroatoms. The third-order valence-electron chi connectivity index (χ3n) is 1.93. The average molecular weight is 220 g/mol. The minimum Gasteiger partial charge on any atom is -0.810 e.